The quantitative estimate of drug-likeness (QED) is 0.621. The number of hydrogen-bond acceptors (Lipinski definition) is 3. The summed E-state index contributed by atoms with van der Waals surface area (Å²) in [5.74, 6) is 5.72. The third kappa shape index (κ3) is 3.31. The molecule has 18 heavy (non-hydrogen) atoms. The third-order valence-corrected chi connectivity index (χ3v) is 4.00. The average molecular weight is 248 g/mol. The first-order valence-electron chi connectivity index (χ1n) is 6.88. The number of rotatable bonds is 5. The lowest BCUT2D eigenvalue weighted by molar-refractivity contribution is -0.0900. The first-order valence-corrected chi connectivity index (χ1v) is 6.88. The molecule has 1 fully saturated rings. The minimum absolute atomic E-state index is 0.109. The van der Waals surface area contributed by atoms with Crippen molar-refractivity contribution in [3.63, 3.8) is 0 Å². The Morgan fingerprint density at radius 1 is 1.33 bits per heavy atom. The summed E-state index contributed by atoms with van der Waals surface area (Å²) in [7, 11) is 0. The van der Waals surface area contributed by atoms with Gasteiger partial charge in [0.15, 0.2) is 0 Å². The Bertz CT molecular complexity index is 347. The van der Waals surface area contributed by atoms with Crippen molar-refractivity contribution in [1.29, 1.82) is 0 Å². The molecular weight excluding hydrogens is 224 g/mol. The number of benzene rings is 1. The number of nitrogens with one attached hydrogen (secondary N) is 1. The van der Waals surface area contributed by atoms with Crippen LogP contribution in [0.2, 0.25) is 0 Å². The fourth-order valence-electron chi connectivity index (χ4n) is 2.75. The van der Waals surface area contributed by atoms with Crippen LogP contribution >= 0.6 is 0 Å². The van der Waals surface area contributed by atoms with Crippen LogP contribution in [0.15, 0.2) is 30.3 Å². The molecule has 1 aliphatic heterocycles. The Morgan fingerprint density at radius 2 is 2.11 bits per heavy atom. The maximum atomic E-state index is 5.96. The predicted octanol–water partition coefficient (Wildman–Crippen LogP) is 2.41. The molecule has 1 heterocycles. The van der Waals surface area contributed by atoms with Crippen molar-refractivity contribution in [2.45, 2.75) is 50.7 Å². The summed E-state index contributed by atoms with van der Waals surface area (Å²) in [6, 6.07) is 10.8. The molecule has 1 aliphatic rings. The summed E-state index contributed by atoms with van der Waals surface area (Å²) in [6.07, 6.45) is 5.55. The normalized spacial score (nSPS) is 25.9. The van der Waals surface area contributed by atoms with Gasteiger partial charge in [0.1, 0.15) is 0 Å². The van der Waals surface area contributed by atoms with Crippen molar-refractivity contribution in [3.8, 4) is 0 Å². The lowest BCUT2D eigenvalue weighted by Crippen LogP contribution is -2.54. The van der Waals surface area contributed by atoms with E-state index in [1.54, 1.807) is 0 Å². The van der Waals surface area contributed by atoms with Gasteiger partial charge in [-0.2, -0.15) is 0 Å². The van der Waals surface area contributed by atoms with E-state index < -0.39 is 0 Å². The molecule has 1 aromatic rings. The summed E-state index contributed by atoms with van der Waals surface area (Å²) in [4.78, 5) is 0. The molecule has 1 aromatic carbocycles. The van der Waals surface area contributed by atoms with Crippen LogP contribution in [0.3, 0.4) is 0 Å². The van der Waals surface area contributed by atoms with Crippen molar-refractivity contribution in [2.75, 3.05) is 6.61 Å². The molecule has 3 heteroatoms. The highest BCUT2D eigenvalue weighted by Crippen LogP contribution is 2.29. The van der Waals surface area contributed by atoms with Crippen molar-refractivity contribution in [2.24, 2.45) is 5.84 Å². The molecule has 3 nitrogen and oxygen atoms in total. The standard InChI is InChI=1S/C15H24N2O/c1-15(11-5-6-12-18-15)14(17-16)10-9-13-7-3-2-4-8-13/h2-4,7-8,14,17H,5-6,9-12,16H2,1H3. The monoisotopic (exact) mass is 248 g/mol. The Labute approximate surface area is 110 Å². The van der Waals surface area contributed by atoms with Crippen LogP contribution in [0.25, 0.3) is 0 Å². The van der Waals surface area contributed by atoms with Gasteiger partial charge in [-0.1, -0.05) is 30.3 Å². The van der Waals surface area contributed by atoms with Crippen molar-refractivity contribution < 1.29 is 4.74 Å². The zero-order valence-electron chi connectivity index (χ0n) is 11.2. The summed E-state index contributed by atoms with van der Waals surface area (Å²) in [5, 5.41) is 0. The maximum absolute atomic E-state index is 5.96. The lowest BCUT2D eigenvalue weighted by Gasteiger charge is -2.40. The maximum Gasteiger partial charge on any atom is 0.0820 e. The number of hydrazine groups is 1. The van der Waals surface area contributed by atoms with Gasteiger partial charge < -0.3 is 4.74 Å². The van der Waals surface area contributed by atoms with Crippen LogP contribution in [0.4, 0.5) is 0 Å². The molecule has 0 aromatic heterocycles. The van der Waals surface area contributed by atoms with E-state index in [1.807, 2.05) is 6.07 Å². The second kappa shape index (κ2) is 6.32. The fraction of sp³-hybridized carbons (Fsp3) is 0.600. The highest BCUT2D eigenvalue weighted by atomic mass is 16.5. The van der Waals surface area contributed by atoms with Gasteiger partial charge in [-0.05, 0) is 44.6 Å². The van der Waals surface area contributed by atoms with Gasteiger partial charge in [0, 0.05) is 6.61 Å². The third-order valence-electron chi connectivity index (χ3n) is 4.00. The predicted molar refractivity (Wildman–Crippen MR) is 74.1 cm³/mol. The van der Waals surface area contributed by atoms with E-state index in [-0.39, 0.29) is 11.6 Å². The molecule has 0 amide bonds. The van der Waals surface area contributed by atoms with Gasteiger partial charge in [-0.3, -0.25) is 11.3 Å². The molecule has 2 unspecified atom stereocenters. The molecule has 2 atom stereocenters. The van der Waals surface area contributed by atoms with Crippen LogP contribution in [0.1, 0.15) is 38.2 Å². The van der Waals surface area contributed by atoms with Crippen LogP contribution in [0, 0.1) is 0 Å². The van der Waals surface area contributed by atoms with E-state index in [4.69, 9.17) is 10.6 Å². The van der Waals surface area contributed by atoms with Crippen molar-refractivity contribution >= 4 is 0 Å². The number of aryl methyl sites for hydroxylation is 1. The number of nitrogens with two attached hydrogens (primary N) is 1. The Balaban J connectivity index is 1.92. The molecule has 100 valence electrons. The largest absolute Gasteiger partial charge is 0.374 e. The van der Waals surface area contributed by atoms with E-state index in [0.29, 0.717) is 0 Å². The lowest BCUT2D eigenvalue weighted by atomic mass is 9.85. The molecule has 0 spiro atoms. The first kappa shape index (κ1) is 13.5. The molecule has 1 saturated heterocycles. The topological polar surface area (TPSA) is 47.3 Å². The Hall–Kier alpha value is -0.900. The molecule has 0 bridgehead atoms. The summed E-state index contributed by atoms with van der Waals surface area (Å²) < 4.78 is 5.96. The minimum Gasteiger partial charge on any atom is -0.374 e. The molecule has 0 saturated carbocycles. The van der Waals surface area contributed by atoms with Gasteiger partial charge in [0.25, 0.3) is 0 Å². The van der Waals surface area contributed by atoms with Crippen LogP contribution in [-0.4, -0.2) is 18.2 Å². The SMILES string of the molecule is CC1(C(CCc2ccccc2)NN)CCCCO1. The van der Waals surface area contributed by atoms with E-state index >= 15 is 0 Å². The van der Waals surface area contributed by atoms with Gasteiger partial charge in [-0.25, -0.2) is 0 Å². The van der Waals surface area contributed by atoms with Gasteiger partial charge in [-0.15, -0.1) is 0 Å². The highest BCUT2D eigenvalue weighted by molar-refractivity contribution is 5.15. The number of ether oxygens (including phenoxy) is 1. The fourth-order valence-corrected chi connectivity index (χ4v) is 2.75. The van der Waals surface area contributed by atoms with E-state index in [1.165, 1.54) is 18.4 Å². The zero-order valence-corrected chi connectivity index (χ0v) is 11.2. The second-order valence-corrected chi connectivity index (χ2v) is 5.36. The first-order chi connectivity index (χ1) is 8.74. The van der Waals surface area contributed by atoms with E-state index in [0.717, 1.165) is 25.9 Å². The Morgan fingerprint density at radius 3 is 2.72 bits per heavy atom. The zero-order chi connectivity index (χ0) is 12.8. The van der Waals surface area contributed by atoms with E-state index in [9.17, 15) is 0 Å². The number of hydrogen-bond donors (Lipinski definition) is 2. The molecule has 0 radical (unpaired) electrons. The Kier molecular flexibility index (Phi) is 4.75. The average Bonchev–Trinajstić information content (AvgIpc) is 2.41. The van der Waals surface area contributed by atoms with Crippen LogP contribution < -0.4 is 11.3 Å². The molecule has 3 N–H and O–H groups in total. The van der Waals surface area contributed by atoms with Crippen LogP contribution in [-0.2, 0) is 11.2 Å². The second-order valence-electron chi connectivity index (χ2n) is 5.36. The summed E-state index contributed by atoms with van der Waals surface area (Å²) >= 11 is 0. The smallest absolute Gasteiger partial charge is 0.0820 e. The summed E-state index contributed by atoms with van der Waals surface area (Å²) in [5.41, 5.74) is 4.21. The molecule has 0 aliphatic carbocycles. The van der Waals surface area contributed by atoms with Gasteiger partial charge >= 0.3 is 0 Å². The van der Waals surface area contributed by atoms with Crippen molar-refractivity contribution in [1.82, 2.24) is 5.43 Å². The summed E-state index contributed by atoms with van der Waals surface area (Å²) in [6.45, 7) is 3.04. The molecular formula is C15H24N2O. The highest BCUT2D eigenvalue weighted by Gasteiger charge is 2.35. The van der Waals surface area contributed by atoms with Crippen LogP contribution in [0.5, 0.6) is 0 Å². The van der Waals surface area contributed by atoms with Gasteiger partial charge in [0.05, 0.1) is 11.6 Å². The minimum atomic E-state index is -0.109. The van der Waals surface area contributed by atoms with Crippen molar-refractivity contribution in [3.05, 3.63) is 35.9 Å². The van der Waals surface area contributed by atoms with Gasteiger partial charge in [0.2, 0.25) is 0 Å². The van der Waals surface area contributed by atoms with E-state index in [2.05, 4.69) is 36.6 Å². The molecule has 2 rings (SSSR count).